The first-order valence-corrected chi connectivity index (χ1v) is 11.3. The number of ether oxygens (including phenoxy) is 1. The second-order valence-electron chi connectivity index (χ2n) is 7.50. The molecule has 0 spiro atoms. The number of aldehydes is 1. The fraction of sp³-hybridized carbons (Fsp3) is 0.304. The Morgan fingerprint density at radius 1 is 1.27 bits per heavy atom. The second-order valence-corrected chi connectivity index (χ2v) is 8.65. The topological polar surface area (TPSA) is 63.1 Å². The van der Waals surface area contributed by atoms with Crippen molar-refractivity contribution in [3.05, 3.63) is 48.7 Å². The number of pyridine rings is 1. The lowest BCUT2D eigenvalue weighted by Gasteiger charge is -2.37. The van der Waals surface area contributed by atoms with E-state index in [-0.39, 0.29) is 6.17 Å². The Morgan fingerprint density at radius 2 is 2.20 bits per heavy atom. The van der Waals surface area contributed by atoms with Gasteiger partial charge in [0.2, 0.25) is 0 Å². The summed E-state index contributed by atoms with van der Waals surface area (Å²) >= 11 is 1.97. The average Bonchev–Trinajstić information content (AvgIpc) is 3.38. The predicted molar refractivity (Wildman–Crippen MR) is 122 cm³/mol. The molecule has 5 rings (SSSR count). The lowest BCUT2D eigenvalue weighted by atomic mass is 10.2. The molecule has 1 unspecified atom stereocenters. The van der Waals surface area contributed by atoms with Gasteiger partial charge in [-0.2, -0.15) is 11.8 Å². The summed E-state index contributed by atoms with van der Waals surface area (Å²) in [4.78, 5) is 21.4. The number of benzene rings is 1. The van der Waals surface area contributed by atoms with Crippen molar-refractivity contribution in [3.63, 3.8) is 0 Å². The van der Waals surface area contributed by atoms with Crippen molar-refractivity contribution >= 4 is 40.0 Å². The molecule has 1 atom stereocenters. The normalized spacial score (nSPS) is 17.6. The van der Waals surface area contributed by atoms with E-state index < -0.39 is 0 Å². The first kappa shape index (κ1) is 19.2. The molecule has 4 aromatic rings. The molecule has 1 aliphatic rings. The molecule has 0 aliphatic carbocycles. The summed E-state index contributed by atoms with van der Waals surface area (Å²) in [5.41, 5.74) is 4.23. The summed E-state index contributed by atoms with van der Waals surface area (Å²) in [6.45, 7) is 1.75. The number of aromatic nitrogens is 3. The summed E-state index contributed by atoms with van der Waals surface area (Å²) in [6.07, 6.45) is 3.56. The third-order valence-electron chi connectivity index (χ3n) is 5.76. The second kappa shape index (κ2) is 8.16. The van der Waals surface area contributed by atoms with Crippen molar-refractivity contribution in [2.24, 2.45) is 0 Å². The number of thioether (sulfide) groups is 1. The van der Waals surface area contributed by atoms with E-state index in [0.29, 0.717) is 6.42 Å². The summed E-state index contributed by atoms with van der Waals surface area (Å²) in [6, 6.07) is 14.7. The minimum atomic E-state index is 0.184. The van der Waals surface area contributed by atoms with Crippen LogP contribution in [0.4, 0.5) is 0 Å². The Labute approximate surface area is 179 Å². The SMILES string of the molecule is COc1ccc2c(c1)cc(-c1cc3cccnc3[nH]1)n2C1CSCCN1CCC=O. The zero-order chi connectivity index (χ0) is 20.5. The number of carbonyl (C=O) groups excluding carboxylic acids is 1. The third-order valence-corrected chi connectivity index (χ3v) is 6.76. The number of H-pyrrole nitrogens is 1. The van der Waals surface area contributed by atoms with Crippen LogP contribution in [0.1, 0.15) is 12.6 Å². The van der Waals surface area contributed by atoms with Gasteiger partial charge < -0.3 is 19.1 Å². The molecule has 1 saturated heterocycles. The van der Waals surface area contributed by atoms with Gasteiger partial charge in [0.05, 0.1) is 30.2 Å². The Balaban J connectivity index is 1.69. The standard InChI is InChI=1S/C23H24N4O2S/c1-29-18-5-6-20-17(12-18)14-21(19-13-16-4-2-7-24-23(16)25-19)27(20)22-15-30-11-9-26(22)8-3-10-28/h2,4-7,10,12-14,22H,3,8-9,11,15H2,1H3,(H,24,25). The van der Waals surface area contributed by atoms with Gasteiger partial charge in [-0.1, -0.05) is 0 Å². The minimum Gasteiger partial charge on any atom is -0.497 e. The van der Waals surface area contributed by atoms with Crippen molar-refractivity contribution in [2.45, 2.75) is 12.6 Å². The summed E-state index contributed by atoms with van der Waals surface area (Å²) in [5.74, 6) is 2.93. The van der Waals surface area contributed by atoms with Crippen molar-refractivity contribution < 1.29 is 9.53 Å². The number of aromatic amines is 1. The first-order chi connectivity index (χ1) is 14.8. The number of hydrogen-bond acceptors (Lipinski definition) is 5. The summed E-state index contributed by atoms with van der Waals surface area (Å²) in [7, 11) is 1.70. The van der Waals surface area contributed by atoms with Crippen molar-refractivity contribution in [1.82, 2.24) is 19.4 Å². The number of rotatable bonds is 6. The number of hydrogen-bond donors (Lipinski definition) is 1. The molecule has 7 heteroatoms. The number of nitrogens with one attached hydrogen (secondary N) is 1. The van der Waals surface area contributed by atoms with E-state index in [0.717, 1.165) is 64.4 Å². The molecule has 0 amide bonds. The maximum atomic E-state index is 11.0. The molecule has 3 aromatic heterocycles. The molecule has 6 nitrogen and oxygen atoms in total. The van der Waals surface area contributed by atoms with Gasteiger partial charge in [0.1, 0.15) is 17.7 Å². The van der Waals surface area contributed by atoms with E-state index in [9.17, 15) is 4.79 Å². The van der Waals surface area contributed by atoms with Gasteiger partial charge in [0.25, 0.3) is 0 Å². The predicted octanol–water partition coefficient (Wildman–Crippen LogP) is 4.33. The molecule has 30 heavy (non-hydrogen) atoms. The van der Waals surface area contributed by atoms with Gasteiger partial charge in [-0.25, -0.2) is 4.98 Å². The van der Waals surface area contributed by atoms with Crippen LogP contribution in [0.25, 0.3) is 33.3 Å². The van der Waals surface area contributed by atoms with E-state index in [1.807, 2.05) is 30.1 Å². The number of methoxy groups -OCH3 is 1. The van der Waals surface area contributed by atoms with E-state index in [2.05, 4.69) is 49.8 Å². The Kier molecular flexibility index (Phi) is 5.23. The monoisotopic (exact) mass is 420 g/mol. The van der Waals surface area contributed by atoms with Gasteiger partial charge in [-0.15, -0.1) is 0 Å². The summed E-state index contributed by atoms with van der Waals surface area (Å²) in [5, 5.41) is 2.24. The first-order valence-electron chi connectivity index (χ1n) is 10.2. The molecule has 0 radical (unpaired) electrons. The average molecular weight is 421 g/mol. The molecule has 4 heterocycles. The van der Waals surface area contributed by atoms with Gasteiger partial charge in [0, 0.05) is 48.0 Å². The fourth-order valence-corrected chi connectivity index (χ4v) is 5.41. The highest BCUT2D eigenvalue weighted by Crippen LogP contribution is 2.37. The Hall–Kier alpha value is -2.77. The molecular weight excluding hydrogens is 396 g/mol. The van der Waals surface area contributed by atoms with Crippen molar-refractivity contribution in [1.29, 1.82) is 0 Å². The number of nitrogens with zero attached hydrogens (tertiary/aromatic N) is 3. The zero-order valence-electron chi connectivity index (χ0n) is 16.9. The molecule has 0 saturated carbocycles. The lowest BCUT2D eigenvalue weighted by Crippen LogP contribution is -2.40. The largest absolute Gasteiger partial charge is 0.497 e. The van der Waals surface area contributed by atoms with Crippen LogP contribution in [0.2, 0.25) is 0 Å². The van der Waals surface area contributed by atoms with E-state index in [1.54, 1.807) is 7.11 Å². The maximum absolute atomic E-state index is 11.0. The van der Waals surface area contributed by atoms with Crippen LogP contribution in [-0.4, -0.2) is 57.4 Å². The van der Waals surface area contributed by atoms with Crippen LogP contribution in [0.15, 0.2) is 48.7 Å². The minimum absolute atomic E-state index is 0.184. The highest BCUT2D eigenvalue weighted by Gasteiger charge is 2.28. The van der Waals surface area contributed by atoms with Crippen LogP contribution in [0.3, 0.4) is 0 Å². The van der Waals surface area contributed by atoms with Crippen LogP contribution in [-0.2, 0) is 4.79 Å². The lowest BCUT2D eigenvalue weighted by molar-refractivity contribution is -0.108. The summed E-state index contributed by atoms with van der Waals surface area (Å²) < 4.78 is 7.88. The fourth-order valence-electron chi connectivity index (χ4n) is 4.31. The molecule has 1 N–H and O–H groups in total. The number of carbonyl (C=O) groups is 1. The molecule has 1 aliphatic heterocycles. The van der Waals surface area contributed by atoms with Crippen LogP contribution >= 0.6 is 11.8 Å². The molecule has 0 bridgehead atoms. The van der Waals surface area contributed by atoms with Crippen LogP contribution in [0, 0.1) is 0 Å². The van der Waals surface area contributed by atoms with E-state index in [1.165, 1.54) is 5.52 Å². The number of fused-ring (bicyclic) bond motifs is 2. The molecular formula is C23H24N4O2S. The molecule has 1 aromatic carbocycles. The Bertz CT molecular complexity index is 1170. The van der Waals surface area contributed by atoms with E-state index in [4.69, 9.17) is 4.74 Å². The maximum Gasteiger partial charge on any atom is 0.137 e. The van der Waals surface area contributed by atoms with Gasteiger partial charge in [-0.3, -0.25) is 4.90 Å². The van der Waals surface area contributed by atoms with Crippen molar-refractivity contribution in [3.8, 4) is 17.1 Å². The quantitative estimate of drug-likeness (QED) is 0.471. The smallest absolute Gasteiger partial charge is 0.137 e. The van der Waals surface area contributed by atoms with Crippen LogP contribution < -0.4 is 4.74 Å². The highest BCUT2D eigenvalue weighted by molar-refractivity contribution is 7.99. The van der Waals surface area contributed by atoms with Gasteiger partial charge in [-0.05, 0) is 42.5 Å². The Morgan fingerprint density at radius 3 is 3.03 bits per heavy atom. The molecule has 1 fully saturated rings. The molecule has 154 valence electrons. The van der Waals surface area contributed by atoms with Gasteiger partial charge >= 0.3 is 0 Å². The van der Waals surface area contributed by atoms with Crippen molar-refractivity contribution in [2.75, 3.05) is 31.7 Å². The van der Waals surface area contributed by atoms with E-state index >= 15 is 0 Å². The van der Waals surface area contributed by atoms with Gasteiger partial charge in [0.15, 0.2) is 0 Å². The van der Waals surface area contributed by atoms with Crippen LogP contribution in [0.5, 0.6) is 5.75 Å². The zero-order valence-corrected chi connectivity index (χ0v) is 17.7. The highest BCUT2D eigenvalue weighted by atomic mass is 32.2. The third kappa shape index (κ3) is 3.38.